The highest BCUT2D eigenvalue weighted by atomic mass is 16.5. The lowest BCUT2D eigenvalue weighted by atomic mass is 9.90. The van der Waals surface area contributed by atoms with Crippen LogP contribution in [0.5, 0.6) is 5.88 Å². The van der Waals surface area contributed by atoms with E-state index in [9.17, 15) is 20.3 Å². The van der Waals surface area contributed by atoms with Crippen molar-refractivity contribution in [2.24, 2.45) is 0 Å². The Kier molecular flexibility index (Phi) is 8.37. The van der Waals surface area contributed by atoms with E-state index in [1.54, 1.807) is 32.0 Å². The second-order valence-electron chi connectivity index (χ2n) is 9.88. The van der Waals surface area contributed by atoms with Crippen LogP contribution in [0.2, 0.25) is 0 Å². The number of aryl methyl sites for hydroxylation is 1. The summed E-state index contributed by atoms with van der Waals surface area (Å²) in [7, 11) is 0. The number of carbonyl (C=O) groups excluding carboxylic acids is 1. The molecule has 1 saturated heterocycles. The molecule has 0 spiro atoms. The first kappa shape index (κ1) is 27.2. The maximum atomic E-state index is 13.1. The first-order valence-electron chi connectivity index (χ1n) is 12.5. The Bertz CT molecular complexity index is 1350. The minimum absolute atomic E-state index is 0.0951. The quantitative estimate of drug-likeness (QED) is 0.412. The number of pyridine rings is 2. The number of aromatic nitrogens is 2. The van der Waals surface area contributed by atoms with Gasteiger partial charge in [-0.3, -0.25) is 9.78 Å². The molecule has 2 atom stereocenters. The number of hydrogen-bond acceptors (Lipinski definition) is 8. The number of benzene rings is 1. The van der Waals surface area contributed by atoms with Crippen LogP contribution < -0.4 is 10.1 Å². The van der Waals surface area contributed by atoms with Gasteiger partial charge < -0.3 is 25.0 Å². The van der Waals surface area contributed by atoms with E-state index in [0.29, 0.717) is 41.5 Å². The molecule has 1 aliphatic heterocycles. The predicted octanol–water partition coefficient (Wildman–Crippen LogP) is 3.74. The number of amides is 1. The summed E-state index contributed by atoms with van der Waals surface area (Å²) < 4.78 is 11.0. The molecule has 1 aromatic carbocycles. The summed E-state index contributed by atoms with van der Waals surface area (Å²) in [6, 6.07) is 14.8. The fraction of sp³-hybridized carbons (Fsp3) is 0.379. The second kappa shape index (κ2) is 11.7. The molecule has 9 nitrogen and oxygen atoms in total. The normalized spacial score (nSPS) is 17.5. The minimum atomic E-state index is -0.819. The van der Waals surface area contributed by atoms with Crippen molar-refractivity contribution in [3.8, 4) is 23.1 Å². The molecule has 9 heteroatoms. The molecule has 4 rings (SSSR count). The van der Waals surface area contributed by atoms with Crippen LogP contribution >= 0.6 is 0 Å². The zero-order chi connectivity index (χ0) is 27.3. The molecular formula is C29H32N4O5. The van der Waals surface area contributed by atoms with Crippen LogP contribution in [0.15, 0.2) is 48.7 Å². The molecule has 3 heterocycles. The minimum Gasteiger partial charge on any atom is -0.475 e. The molecule has 0 bridgehead atoms. The summed E-state index contributed by atoms with van der Waals surface area (Å²) in [5.74, 6) is -0.171. The van der Waals surface area contributed by atoms with Gasteiger partial charge in [-0.2, -0.15) is 5.26 Å². The van der Waals surface area contributed by atoms with Gasteiger partial charge in [-0.05, 0) is 74.2 Å². The monoisotopic (exact) mass is 516 g/mol. The Hall–Kier alpha value is -3.84. The molecule has 0 aliphatic carbocycles. The topological polar surface area (TPSA) is 138 Å². The molecule has 3 aromatic rings. The fourth-order valence-electron chi connectivity index (χ4n) is 4.35. The number of aliphatic hydroxyl groups is 2. The van der Waals surface area contributed by atoms with Crippen molar-refractivity contribution in [2.45, 2.75) is 44.6 Å². The van der Waals surface area contributed by atoms with Crippen molar-refractivity contribution in [1.29, 1.82) is 5.26 Å². The highest BCUT2D eigenvalue weighted by Gasteiger charge is 2.28. The Balaban J connectivity index is 1.66. The number of nitriles is 1. The van der Waals surface area contributed by atoms with Gasteiger partial charge in [0.05, 0.1) is 42.2 Å². The predicted molar refractivity (Wildman–Crippen MR) is 142 cm³/mol. The molecule has 2 aromatic heterocycles. The molecule has 38 heavy (non-hydrogen) atoms. The van der Waals surface area contributed by atoms with Gasteiger partial charge in [0, 0.05) is 36.0 Å². The zero-order valence-electron chi connectivity index (χ0n) is 21.8. The number of carbonyl (C=O) groups is 1. The van der Waals surface area contributed by atoms with E-state index in [2.05, 4.69) is 21.4 Å². The number of nitrogens with zero attached hydrogens (tertiary/aromatic N) is 3. The van der Waals surface area contributed by atoms with Gasteiger partial charge in [-0.1, -0.05) is 6.07 Å². The summed E-state index contributed by atoms with van der Waals surface area (Å²) >= 11 is 0. The summed E-state index contributed by atoms with van der Waals surface area (Å²) in [4.78, 5) is 21.9. The summed E-state index contributed by atoms with van der Waals surface area (Å²) in [5.41, 5.74) is 4.04. The molecule has 0 radical (unpaired) electrons. The summed E-state index contributed by atoms with van der Waals surface area (Å²) in [5, 5.41) is 32.1. The van der Waals surface area contributed by atoms with E-state index in [1.807, 2.05) is 31.2 Å². The molecule has 1 amide bonds. The van der Waals surface area contributed by atoms with E-state index < -0.39 is 11.5 Å². The average Bonchev–Trinajstić information content (AvgIpc) is 2.93. The summed E-state index contributed by atoms with van der Waals surface area (Å²) in [6.07, 6.45) is 1.48. The van der Waals surface area contributed by atoms with Gasteiger partial charge in [0.2, 0.25) is 5.88 Å². The van der Waals surface area contributed by atoms with Gasteiger partial charge in [-0.15, -0.1) is 0 Å². The molecule has 2 unspecified atom stereocenters. The van der Waals surface area contributed by atoms with Crippen molar-refractivity contribution in [3.63, 3.8) is 0 Å². The van der Waals surface area contributed by atoms with Crippen LogP contribution in [-0.2, 0) is 10.2 Å². The van der Waals surface area contributed by atoms with Crippen molar-refractivity contribution in [2.75, 3.05) is 31.7 Å². The molecule has 1 aliphatic rings. The SMILES string of the molecule is Cc1ccc(NC(=O)c2ccnc(C(C)(C)C#N)c2)cc1-c1cc(OCCO)nc(C2CCOCC2O)c1. The van der Waals surface area contributed by atoms with Crippen molar-refractivity contribution in [3.05, 3.63) is 71.2 Å². The van der Waals surface area contributed by atoms with Gasteiger partial charge in [0.15, 0.2) is 0 Å². The maximum Gasteiger partial charge on any atom is 0.255 e. The zero-order valence-corrected chi connectivity index (χ0v) is 21.8. The van der Waals surface area contributed by atoms with Crippen LogP contribution in [0.25, 0.3) is 11.1 Å². The van der Waals surface area contributed by atoms with Crippen LogP contribution in [0, 0.1) is 18.3 Å². The third kappa shape index (κ3) is 6.17. The van der Waals surface area contributed by atoms with E-state index >= 15 is 0 Å². The van der Waals surface area contributed by atoms with Crippen molar-refractivity contribution >= 4 is 11.6 Å². The number of aliphatic hydroxyl groups excluding tert-OH is 2. The van der Waals surface area contributed by atoms with Crippen LogP contribution in [0.1, 0.15) is 53.5 Å². The Labute approximate surface area is 222 Å². The van der Waals surface area contributed by atoms with E-state index in [0.717, 1.165) is 16.7 Å². The van der Waals surface area contributed by atoms with Gasteiger partial charge >= 0.3 is 0 Å². The third-order valence-corrected chi connectivity index (χ3v) is 6.62. The highest BCUT2D eigenvalue weighted by Crippen LogP contribution is 2.34. The molecular weight excluding hydrogens is 484 g/mol. The standard InChI is InChI=1S/C29H32N4O5/c1-18-4-5-21(32-28(36)19-6-8-31-26(13-19)29(2,3)17-30)15-23(18)20-12-24(22-7-10-37-16-25(22)35)33-27(14-20)38-11-9-34/h4-6,8,12-15,22,25,34-35H,7,9-11,16H2,1-3H3,(H,32,36). The number of anilines is 1. The van der Waals surface area contributed by atoms with Gasteiger partial charge in [-0.25, -0.2) is 4.98 Å². The lowest BCUT2D eigenvalue weighted by Crippen LogP contribution is -2.31. The fourth-order valence-corrected chi connectivity index (χ4v) is 4.35. The summed E-state index contributed by atoms with van der Waals surface area (Å²) in [6.45, 7) is 6.20. The smallest absolute Gasteiger partial charge is 0.255 e. The molecule has 198 valence electrons. The second-order valence-corrected chi connectivity index (χ2v) is 9.88. The van der Waals surface area contributed by atoms with Crippen molar-refractivity contribution < 1.29 is 24.5 Å². The molecule has 3 N–H and O–H groups in total. The lowest BCUT2D eigenvalue weighted by Gasteiger charge is -2.28. The molecule has 1 fully saturated rings. The highest BCUT2D eigenvalue weighted by molar-refractivity contribution is 6.04. The van der Waals surface area contributed by atoms with Crippen LogP contribution in [-0.4, -0.2) is 58.6 Å². The number of ether oxygens (including phenoxy) is 2. The maximum absolute atomic E-state index is 13.1. The van der Waals surface area contributed by atoms with E-state index in [1.165, 1.54) is 6.20 Å². The first-order chi connectivity index (χ1) is 18.2. The van der Waals surface area contributed by atoms with E-state index in [4.69, 9.17) is 9.47 Å². The Morgan fingerprint density at radius 2 is 2.08 bits per heavy atom. The average molecular weight is 517 g/mol. The Morgan fingerprint density at radius 3 is 2.82 bits per heavy atom. The molecule has 0 saturated carbocycles. The lowest BCUT2D eigenvalue weighted by molar-refractivity contribution is -0.0215. The number of nitrogens with one attached hydrogen (secondary N) is 1. The van der Waals surface area contributed by atoms with Crippen LogP contribution in [0.4, 0.5) is 5.69 Å². The van der Waals surface area contributed by atoms with Crippen molar-refractivity contribution in [1.82, 2.24) is 9.97 Å². The van der Waals surface area contributed by atoms with E-state index in [-0.39, 0.29) is 31.6 Å². The first-order valence-corrected chi connectivity index (χ1v) is 12.5. The van der Waals surface area contributed by atoms with Gasteiger partial charge in [0.25, 0.3) is 5.91 Å². The largest absolute Gasteiger partial charge is 0.475 e. The van der Waals surface area contributed by atoms with Crippen LogP contribution in [0.3, 0.4) is 0 Å². The number of hydrogen-bond donors (Lipinski definition) is 3. The Morgan fingerprint density at radius 1 is 1.26 bits per heavy atom. The number of rotatable bonds is 8. The third-order valence-electron chi connectivity index (χ3n) is 6.62. The van der Waals surface area contributed by atoms with Gasteiger partial charge in [0.1, 0.15) is 6.61 Å².